The van der Waals surface area contributed by atoms with Gasteiger partial charge in [-0.15, -0.1) is 6.58 Å². The van der Waals surface area contributed by atoms with Crippen molar-refractivity contribution in [2.24, 2.45) is 0 Å². The van der Waals surface area contributed by atoms with E-state index in [1.54, 1.807) is 0 Å². The van der Waals surface area contributed by atoms with Gasteiger partial charge in [-0.3, -0.25) is 0 Å². The average Bonchev–Trinajstić information content (AvgIpc) is 2.67. The monoisotopic (exact) mass is 319 g/mol. The first kappa shape index (κ1) is 16.4. The molecule has 0 radical (unpaired) electrons. The minimum Gasteiger partial charge on any atom is -0.348 e. The smallest absolute Gasteiger partial charge is 0.183 e. The van der Waals surface area contributed by atoms with E-state index in [0.29, 0.717) is 18.8 Å². The van der Waals surface area contributed by atoms with Gasteiger partial charge in [0, 0.05) is 11.5 Å². The highest BCUT2D eigenvalue weighted by molar-refractivity contribution is 5.33. The van der Waals surface area contributed by atoms with E-state index in [4.69, 9.17) is 14.7 Å². The van der Waals surface area contributed by atoms with Crippen LogP contribution in [0.3, 0.4) is 0 Å². The molecule has 1 fully saturated rings. The first-order valence-corrected chi connectivity index (χ1v) is 8.23. The van der Waals surface area contributed by atoms with E-state index < -0.39 is 0 Å². The van der Waals surface area contributed by atoms with E-state index in [1.807, 2.05) is 30.3 Å². The molecule has 1 saturated heterocycles. The number of nitrogens with zero attached hydrogens (tertiary/aromatic N) is 1. The molecule has 0 atom stereocenters. The number of hydrogen-bond donors (Lipinski definition) is 0. The summed E-state index contributed by atoms with van der Waals surface area (Å²) in [6, 6.07) is 18.2. The van der Waals surface area contributed by atoms with Gasteiger partial charge in [0.1, 0.15) is 0 Å². The molecule has 0 unspecified atom stereocenters. The van der Waals surface area contributed by atoms with Gasteiger partial charge in [0.15, 0.2) is 6.29 Å². The zero-order valence-corrected chi connectivity index (χ0v) is 13.7. The second-order valence-electron chi connectivity index (χ2n) is 6.00. The van der Waals surface area contributed by atoms with E-state index in [-0.39, 0.29) is 12.2 Å². The fourth-order valence-corrected chi connectivity index (χ4v) is 2.83. The summed E-state index contributed by atoms with van der Waals surface area (Å²) in [5.74, 6) is 0.209. The molecule has 0 amide bonds. The molecule has 0 aliphatic carbocycles. The van der Waals surface area contributed by atoms with E-state index in [1.165, 1.54) is 5.56 Å². The fraction of sp³-hybridized carbons (Fsp3) is 0.286. The highest BCUT2D eigenvalue weighted by atomic mass is 16.7. The van der Waals surface area contributed by atoms with Gasteiger partial charge in [-0.25, -0.2) is 0 Å². The minimum atomic E-state index is -0.298. The molecule has 1 heterocycles. The predicted octanol–water partition coefficient (Wildman–Crippen LogP) is 4.51. The highest BCUT2D eigenvalue weighted by Crippen LogP contribution is 2.30. The molecule has 3 nitrogen and oxygen atoms in total. The Labute approximate surface area is 143 Å². The summed E-state index contributed by atoms with van der Waals surface area (Å²) >= 11 is 0. The van der Waals surface area contributed by atoms with Crippen LogP contribution in [0.2, 0.25) is 0 Å². The van der Waals surface area contributed by atoms with Crippen LogP contribution in [0.15, 0.2) is 61.2 Å². The highest BCUT2D eigenvalue weighted by Gasteiger charge is 2.24. The first-order valence-electron chi connectivity index (χ1n) is 8.23. The molecule has 0 bridgehead atoms. The third-order valence-electron chi connectivity index (χ3n) is 4.30. The topological polar surface area (TPSA) is 42.2 Å². The van der Waals surface area contributed by atoms with Crippen LogP contribution in [0.4, 0.5) is 0 Å². The molecule has 2 aromatic carbocycles. The van der Waals surface area contributed by atoms with Crippen molar-refractivity contribution in [1.82, 2.24) is 0 Å². The van der Waals surface area contributed by atoms with Crippen LogP contribution in [0.25, 0.3) is 0 Å². The summed E-state index contributed by atoms with van der Waals surface area (Å²) in [4.78, 5) is 0. The lowest BCUT2D eigenvalue weighted by Crippen LogP contribution is -2.25. The summed E-state index contributed by atoms with van der Waals surface area (Å²) in [5, 5.41) is 8.86. The number of nitriles is 1. The fourth-order valence-electron chi connectivity index (χ4n) is 2.83. The Morgan fingerprint density at radius 1 is 1.00 bits per heavy atom. The molecule has 0 aromatic heterocycles. The van der Waals surface area contributed by atoms with Crippen molar-refractivity contribution in [2.75, 3.05) is 13.2 Å². The third-order valence-corrected chi connectivity index (χ3v) is 4.30. The second-order valence-corrected chi connectivity index (χ2v) is 6.00. The Balaban J connectivity index is 1.58. The van der Waals surface area contributed by atoms with Gasteiger partial charge in [-0.2, -0.15) is 5.26 Å². The Bertz CT molecular complexity index is 705. The Morgan fingerprint density at radius 3 is 2.21 bits per heavy atom. The summed E-state index contributed by atoms with van der Waals surface area (Å²) in [5.41, 5.74) is 4.17. The van der Waals surface area contributed by atoms with Gasteiger partial charge >= 0.3 is 0 Å². The number of ether oxygens (including phenoxy) is 2. The molecule has 0 N–H and O–H groups in total. The molecular formula is C21H21NO2. The van der Waals surface area contributed by atoms with Crippen LogP contribution >= 0.6 is 0 Å². The van der Waals surface area contributed by atoms with Crippen LogP contribution in [-0.2, 0) is 15.9 Å². The molecule has 2 aromatic rings. The first-order chi connectivity index (χ1) is 11.8. The maximum absolute atomic E-state index is 8.86. The van der Waals surface area contributed by atoms with Crippen molar-refractivity contribution in [3.63, 3.8) is 0 Å². The van der Waals surface area contributed by atoms with Crippen LogP contribution in [0.1, 0.15) is 40.9 Å². The van der Waals surface area contributed by atoms with Crippen LogP contribution < -0.4 is 0 Å². The summed E-state index contributed by atoms with van der Waals surface area (Å²) in [6.45, 7) is 4.99. The number of rotatable bonds is 5. The van der Waals surface area contributed by atoms with E-state index in [0.717, 1.165) is 24.0 Å². The van der Waals surface area contributed by atoms with Crippen molar-refractivity contribution in [1.29, 1.82) is 5.26 Å². The summed E-state index contributed by atoms with van der Waals surface area (Å²) < 4.78 is 11.8. The Kier molecular flexibility index (Phi) is 5.43. The van der Waals surface area contributed by atoms with Gasteiger partial charge in [-0.05, 0) is 36.1 Å². The molecule has 1 aliphatic heterocycles. The van der Waals surface area contributed by atoms with Crippen molar-refractivity contribution < 1.29 is 9.47 Å². The van der Waals surface area contributed by atoms with Crippen LogP contribution in [-0.4, -0.2) is 13.2 Å². The van der Waals surface area contributed by atoms with E-state index >= 15 is 0 Å². The molecule has 3 heteroatoms. The van der Waals surface area contributed by atoms with Gasteiger partial charge in [0.05, 0.1) is 24.8 Å². The third kappa shape index (κ3) is 3.91. The predicted molar refractivity (Wildman–Crippen MR) is 93.5 cm³/mol. The molecule has 0 spiro atoms. The van der Waals surface area contributed by atoms with Crippen molar-refractivity contribution in [3.05, 3.63) is 83.4 Å². The largest absolute Gasteiger partial charge is 0.348 e. The van der Waals surface area contributed by atoms with Crippen molar-refractivity contribution in [2.45, 2.75) is 25.0 Å². The summed E-state index contributed by atoms with van der Waals surface area (Å²) in [6.07, 6.45) is 3.64. The molecule has 24 heavy (non-hydrogen) atoms. The number of allylic oxidation sites excluding steroid dienone is 1. The number of aryl methyl sites for hydroxylation is 1. The zero-order chi connectivity index (χ0) is 16.8. The zero-order valence-electron chi connectivity index (χ0n) is 13.7. The van der Waals surface area contributed by atoms with Gasteiger partial charge < -0.3 is 9.47 Å². The quantitative estimate of drug-likeness (QED) is 0.762. The second kappa shape index (κ2) is 7.92. The lowest BCUT2D eigenvalue weighted by molar-refractivity contribution is -0.191. The van der Waals surface area contributed by atoms with E-state index in [9.17, 15) is 0 Å². The van der Waals surface area contributed by atoms with Gasteiger partial charge in [0.25, 0.3) is 0 Å². The normalized spacial score (nSPS) is 20.3. The standard InChI is InChI=1S/C21H21NO2/c1-2-3-4-16-5-11-19(12-6-16)21-23-14-20(15-24-21)18-9-7-17(13-22)8-10-18/h2,5-12,20-21H,1,3-4,14-15H2. The molecule has 0 saturated carbocycles. The van der Waals surface area contributed by atoms with Gasteiger partial charge in [0.2, 0.25) is 0 Å². The molecular weight excluding hydrogens is 298 g/mol. The van der Waals surface area contributed by atoms with Crippen LogP contribution in [0.5, 0.6) is 0 Å². The Morgan fingerprint density at radius 2 is 1.62 bits per heavy atom. The molecule has 3 rings (SSSR count). The number of hydrogen-bond acceptors (Lipinski definition) is 3. The SMILES string of the molecule is C=CCCc1ccc(C2OCC(c3ccc(C#N)cc3)CO2)cc1. The summed E-state index contributed by atoms with van der Waals surface area (Å²) in [7, 11) is 0. The Hall–Kier alpha value is -2.41. The van der Waals surface area contributed by atoms with Crippen molar-refractivity contribution >= 4 is 0 Å². The maximum Gasteiger partial charge on any atom is 0.183 e. The molecule has 122 valence electrons. The average molecular weight is 319 g/mol. The maximum atomic E-state index is 8.86. The number of benzene rings is 2. The lowest BCUT2D eigenvalue weighted by Gasteiger charge is -2.30. The lowest BCUT2D eigenvalue weighted by atomic mass is 9.99. The van der Waals surface area contributed by atoms with E-state index in [2.05, 4.69) is 36.9 Å². The van der Waals surface area contributed by atoms with Crippen molar-refractivity contribution in [3.8, 4) is 6.07 Å². The molecule has 1 aliphatic rings. The minimum absolute atomic E-state index is 0.209. The van der Waals surface area contributed by atoms with Crippen LogP contribution in [0, 0.1) is 11.3 Å². The van der Waals surface area contributed by atoms with Gasteiger partial charge in [-0.1, -0.05) is 42.5 Å².